The zero-order valence-corrected chi connectivity index (χ0v) is 11.4. The van der Waals surface area contributed by atoms with Gasteiger partial charge < -0.3 is 15.4 Å². The first kappa shape index (κ1) is 14.0. The first-order chi connectivity index (χ1) is 9.31. The fraction of sp³-hybridized carbons (Fsp3) is 0.533. The Morgan fingerprint density at radius 2 is 2.11 bits per heavy atom. The number of nitrogens with one attached hydrogen (secondary N) is 2. The molecule has 104 valence electrons. The molecule has 1 fully saturated rings. The second-order valence-corrected chi connectivity index (χ2v) is 4.95. The summed E-state index contributed by atoms with van der Waals surface area (Å²) in [6, 6.07) is 10.7. The van der Waals surface area contributed by atoms with Crippen LogP contribution >= 0.6 is 0 Å². The highest BCUT2D eigenvalue weighted by Crippen LogP contribution is 2.40. The van der Waals surface area contributed by atoms with E-state index in [0.29, 0.717) is 31.7 Å². The van der Waals surface area contributed by atoms with E-state index in [1.807, 2.05) is 18.2 Å². The molecule has 2 rings (SSSR count). The van der Waals surface area contributed by atoms with Gasteiger partial charge in [0.05, 0.1) is 13.2 Å². The molecule has 1 amide bonds. The van der Waals surface area contributed by atoms with Crippen molar-refractivity contribution < 1.29 is 9.53 Å². The van der Waals surface area contributed by atoms with Crippen LogP contribution in [0, 0.1) is 5.92 Å². The van der Waals surface area contributed by atoms with E-state index < -0.39 is 0 Å². The lowest BCUT2D eigenvalue weighted by atomic mass is 10.0. The van der Waals surface area contributed by atoms with Gasteiger partial charge in [-0.3, -0.25) is 4.79 Å². The van der Waals surface area contributed by atoms with E-state index >= 15 is 0 Å². The molecule has 1 aliphatic carbocycles. The topological polar surface area (TPSA) is 50.4 Å². The summed E-state index contributed by atoms with van der Waals surface area (Å²) < 4.78 is 4.90. The molecule has 0 saturated heterocycles. The lowest BCUT2D eigenvalue weighted by Crippen LogP contribution is -2.37. The molecule has 0 heterocycles. The van der Waals surface area contributed by atoms with Gasteiger partial charge >= 0.3 is 0 Å². The van der Waals surface area contributed by atoms with Crippen LogP contribution in [0.4, 0.5) is 0 Å². The summed E-state index contributed by atoms with van der Waals surface area (Å²) in [6.45, 7) is 1.48. The lowest BCUT2D eigenvalue weighted by molar-refractivity contribution is -0.120. The van der Waals surface area contributed by atoms with Gasteiger partial charge in [0, 0.05) is 19.7 Å². The molecule has 4 nitrogen and oxygen atoms in total. The maximum absolute atomic E-state index is 11.7. The third-order valence-corrected chi connectivity index (χ3v) is 3.36. The van der Waals surface area contributed by atoms with Gasteiger partial charge in [0.1, 0.15) is 0 Å². The van der Waals surface area contributed by atoms with Crippen LogP contribution in [0.5, 0.6) is 0 Å². The first-order valence-electron chi connectivity index (χ1n) is 6.85. The van der Waals surface area contributed by atoms with E-state index in [2.05, 4.69) is 22.8 Å². The molecule has 0 radical (unpaired) electrons. The second kappa shape index (κ2) is 7.26. The van der Waals surface area contributed by atoms with Crippen LogP contribution < -0.4 is 10.6 Å². The number of carbonyl (C=O) groups excluding carboxylic acids is 1. The van der Waals surface area contributed by atoms with Crippen molar-refractivity contribution in [3.8, 4) is 0 Å². The Kier molecular flexibility index (Phi) is 5.36. The molecule has 0 spiro atoms. The highest BCUT2D eigenvalue weighted by atomic mass is 16.5. The fourth-order valence-electron chi connectivity index (χ4n) is 2.20. The zero-order chi connectivity index (χ0) is 13.5. The molecule has 1 aliphatic rings. The zero-order valence-electron chi connectivity index (χ0n) is 11.4. The molecule has 0 aliphatic heterocycles. The van der Waals surface area contributed by atoms with Gasteiger partial charge in [0.2, 0.25) is 5.91 Å². The van der Waals surface area contributed by atoms with Gasteiger partial charge in [-0.15, -0.1) is 0 Å². The van der Waals surface area contributed by atoms with Crippen LogP contribution in [0.25, 0.3) is 0 Å². The van der Waals surface area contributed by atoms with E-state index in [0.717, 1.165) is 0 Å². The minimum absolute atomic E-state index is 0.0265. The van der Waals surface area contributed by atoms with Crippen LogP contribution in [0.15, 0.2) is 30.3 Å². The van der Waals surface area contributed by atoms with Gasteiger partial charge in [-0.1, -0.05) is 30.3 Å². The van der Waals surface area contributed by atoms with Crippen molar-refractivity contribution in [2.45, 2.75) is 18.9 Å². The average Bonchev–Trinajstić information content (AvgIpc) is 3.25. The monoisotopic (exact) mass is 262 g/mol. The highest BCUT2D eigenvalue weighted by Gasteiger charge is 2.32. The Balaban J connectivity index is 1.80. The molecule has 1 aromatic carbocycles. The number of hydrogen-bond acceptors (Lipinski definition) is 3. The molecular formula is C15H22N2O2. The number of amides is 1. The summed E-state index contributed by atoms with van der Waals surface area (Å²) in [5.41, 5.74) is 1.27. The Hall–Kier alpha value is -1.39. The molecule has 0 bridgehead atoms. The van der Waals surface area contributed by atoms with Crippen molar-refractivity contribution >= 4 is 5.91 Å². The van der Waals surface area contributed by atoms with Gasteiger partial charge in [0.25, 0.3) is 0 Å². The first-order valence-corrected chi connectivity index (χ1v) is 6.85. The van der Waals surface area contributed by atoms with Crippen molar-refractivity contribution in [1.29, 1.82) is 0 Å². The van der Waals surface area contributed by atoms with Gasteiger partial charge in [-0.05, 0) is 24.3 Å². The van der Waals surface area contributed by atoms with Gasteiger partial charge in [-0.25, -0.2) is 0 Å². The molecule has 0 aromatic heterocycles. The van der Waals surface area contributed by atoms with Gasteiger partial charge in [0.15, 0.2) is 0 Å². The standard InChI is InChI=1S/C15H22N2O2/c1-19-10-9-16-14(18)11-17-15(13-7-8-13)12-5-3-2-4-6-12/h2-6,13,15,17H,7-11H2,1H3,(H,16,18). The summed E-state index contributed by atoms with van der Waals surface area (Å²) in [4.78, 5) is 11.7. The lowest BCUT2D eigenvalue weighted by Gasteiger charge is -2.18. The molecule has 2 N–H and O–H groups in total. The number of carbonyl (C=O) groups is 1. The smallest absolute Gasteiger partial charge is 0.234 e. The Morgan fingerprint density at radius 3 is 2.74 bits per heavy atom. The molecule has 19 heavy (non-hydrogen) atoms. The quantitative estimate of drug-likeness (QED) is 0.698. The van der Waals surface area contributed by atoms with Crippen LogP contribution in [0.2, 0.25) is 0 Å². The second-order valence-electron chi connectivity index (χ2n) is 4.95. The number of hydrogen-bond donors (Lipinski definition) is 2. The van der Waals surface area contributed by atoms with Crippen molar-refractivity contribution in [2.75, 3.05) is 26.8 Å². The molecule has 1 saturated carbocycles. The van der Waals surface area contributed by atoms with E-state index in [1.165, 1.54) is 18.4 Å². The Morgan fingerprint density at radius 1 is 1.37 bits per heavy atom. The SMILES string of the molecule is COCCNC(=O)CNC(c1ccccc1)C1CC1. The van der Waals surface area contributed by atoms with E-state index in [1.54, 1.807) is 7.11 Å². The number of ether oxygens (including phenoxy) is 1. The molecule has 4 heteroatoms. The molecule has 1 unspecified atom stereocenters. The van der Waals surface area contributed by atoms with Crippen molar-refractivity contribution in [1.82, 2.24) is 10.6 Å². The Bertz CT molecular complexity index is 390. The maximum Gasteiger partial charge on any atom is 0.234 e. The van der Waals surface area contributed by atoms with Crippen molar-refractivity contribution in [2.24, 2.45) is 5.92 Å². The van der Waals surface area contributed by atoms with Crippen LogP contribution in [-0.2, 0) is 9.53 Å². The fourth-order valence-corrected chi connectivity index (χ4v) is 2.20. The third-order valence-electron chi connectivity index (χ3n) is 3.36. The summed E-state index contributed by atoms with van der Waals surface area (Å²) in [5.74, 6) is 0.702. The largest absolute Gasteiger partial charge is 0.383 e. The average molecular weight is 262 g/mol. The van der Waals surface area contributed by atoms with Crippen LogP contribution in [0.3, 0.4) is 0 Å². The van der Waals surface area contributed by atoms with Crippen LogP contribution in [-0.4, -0.2) is 32.7 Å². The van der Waals surface area contributed by atoms with Crippen molar-refractivity contribution in [3.05, 3.63) is 35.9 Å². The van der Waals surface area contributed by atoms with E-state index in [9.17, 15) is 4.79 Å². The predicted octanol–water partition coefficient (Wildman–Crippen LogP) is 1.49. The minimum Gasteiger partial charge on any atom is -0.383 e. The normalized spacial score (nSPS) is 16.1. The molecule has 1 aromatic rings. The molecular weight excluding hydrogens is 240 g/mol. The Labute approximate surface area is 114 Å². The molecule has 1 atom stereocenters. The van der Waals surface area contributed by atoms with Gasteiger partial charge in [-0.2, -0.15) is 0 Å². The number of methoxy groups -OCH3 is 1. The third kappa shape index (κ3) is 4.65. The summed E-state index contributed by atoms with van der Waals surface area (Å²) >= 11 is 0. The van der Waals surface area contributed by atoms with Crippen molar-refractivity contribution in [3.63, 3.8) is 0 Å². The minimum atomic E-state index is 0.0265. The van der Waals surface area contributed by atoms with E-state index in [-0.39, 0.29) is 5.91 Å². The number of benzene rings is 1. The van der Waals surface area contributed by atoms with E-state index in [4.69, 9.17) is 4.74 Å². The highest BCUT2D eigenvalue weighted by molar-refractivity contribution is 5.78. The van der Waals surface area contributed by atoms with Crippen LogP contribution in [0.1, 0.15) is 24.4 Å². The summed E-state index contributed by atoms with van der Waals surface area (Å²) in [5, 5.41) is 6.20. The maximum atomic E-state index is 11.7. The predicted molar refractivity (Wildman–Crippen MR) is 74.8 cm³/mol. The summed E-state index contributed by atoms with van der Waals surface area (Å²) in [6.07, 6.45) is 2.50. The number of rotatable bonds is 8. The summed E-state index contributed by atoms with van der Waals surface area (Å²) in [7, 11) is 1.63.